The number of benzene rings is 3. The van der Waals surface area contributed by atoms with E-state index in [0.717, 1.165) is 27.9 Å². The van der Waals surface area contributed by atoms with Crippen LogP contribution < -0.4 is 10.6 Å². The van der Waals surface area contributed by atoms with E-state index in [-0.39, 0.29) is 11.7 Å². The van der Waals surface area contributed by atoms with E-state index in [1.165, 1.54) is 6.07 Å². The Morgan fingerprint density at radius 1 is 0.931 bits per heavy atom. The SMILES string of the molecule is Cc1ccc(N(CCc2ccc(C)c(F)c2)C(=O)[C@@H](N)c2ccccc2)cc1C. The van der Waals surface area contributed by atoms with Crippen molar-refractivity contribution in [3.8, 4) is 0 Å². The summed E-state index contributed by atoms with van der Waals surface area (Å²) < 4.78 is 13.9. The van der Waals surface area contributed by atoms with Crippen LogP contribution >= 0.6 is 0 Å². The molecule has 3 rings (SSSR count). The molecule has 0 unspecified atom stereocenters. The first-order valence-electron chi connectivity index (χ1n) is 9.81. The second kappa shape index (κ2) is 9.01. The van der Waals surface area contributed by atoms with Gasteiger partial charge in [-0.25, -0.2) is 4.39 Å². The van der Waals surface area contributed by atoms with Gasteiger partial charge in [-0.2, -0.15) is 0 Å². The van der Waals surface area contributed by atoms with Crippen LogP contribution in [0.15, 0.2) is 66.7 Å². The van der Waals surface area contributed by atoms with Crippen molar-refractivity contribution >= 4 is 11.6 Å². The minimum absolute atomic E-state index is 0.174. The fourth-order valence-corrected chi connectivity index (χ4v) is 3.26. The zero-order valence-electron chi connectivity index (χ0n) is 17.2. The Morgan fingerprint density at radius 2 is 1.62 bits per heavy atom. The van der Waals surface area contributed by atoms with Gasteiger partial charge in [0.1, 0.15) is 11.9 Å². The fraction of sp³-hybridized carbons (Fsp3) is 0.240. The second-order valence-electron chi connectivity index (χ2n) is 7.48. The highest BCUT2D eigenvalue weighted by atomic mass is 19.1. The summed E-state index contributed by atoms with van der Waals surface area (Å²) in [4.78, 5) is 15.0. The Hall–Kier alpha value is -2.98. The lowest BCUT2D eigenvalue weighted by Crippen LogP contribution is -2.40. The maximum atomic E-state index is 13.9. The molecule has 0 radical (unpaired) electrons. The standard InChI is InChI=1S/C25H27FN2O/c1-17-10-12-22(15-19(17)3)28(14-13-20-11-9-18(2)23(26)16-20)25(29)24(27)21-7-5-4-6-8-21/h4-12,15-16,24H,13-14,27H2,1-3H3/t24-/m0/s1. The number of aryl methyl sites for hydroxylation is 3. The van der Waals surface area contributed by atoms with Crippen LogP contribution in [0, 0.1) is 26.6 Å². The molecule has 0 bridgehead atoms. The molecule has 0 aliphatic rings. The molecule has 0 spiro atoms. The van der Waals surface area contributed by atoms with Crippen molar-refractivity contribution in [2.24, 2.45) is 5.73 Å². The molecule has 29 heavy (non-hydrogen) atoms. The molecule has 0 aliphatic heterocycles. The smallest absolute Gasteiger partial charge is 0.248 e. The van der Waals surface area contributed by atoms with Crippen molar-refractivity contribution in [3.05, 3.63) is 100 Å². The average Bonchev–Trinajstić information content (AvgIpc) is 2.73. The van der Waals surface area contributed by atoms with E-state index >= 15 is 0 Å². The number of hydrogen-bond donors (Lipinski definition) is 1. The zero-order valence-corrected chi connectivity index (χ0v) is 17.2. The molecular weight excluding hydrogens is 363 g/mol. The highest BCUT2D eigenvalue weighted by Crippen LogP contribution is 2.23. The number of halogens is 1. The summed E-state index contributed by atoms with van der Waals surface area (Å²) in [5.41, 5.74) is 11.6. The zero-order chi connectivity index (χ0) is 21.0. The largest absolute Gasteiger partial charge is 0.316 e. The third-order valence-electron chi connectivity index (χ3n) is 5.35. The van der Waals surface area contributed by atoms with Gasteiger partial charge in [0, 0.05) is 12.2 Å². The van der Waals surface area contributed by atoms with Gasteiger partial charge in [-0.15, -0.1) is 0 Å². The molecule has 3 aromatic carbocycles. The summed E-state index contributed by atoms with van der Waals surface area (Å²) >= 11 is 0. The Bertz CT molecular complexity index is 1000. The van der Waals surface area contributed by atoms with Crippen molar-refractivity contribution in [2.45, 2.75) is 33.2 Å². The molecule has 2 N–H and O–H groups in total. The molecule has 0 aromatic heterocycles. The topological polar surface area (TPSA) is 46.3 Å². The van der Waals surface area contributed by atoms with Crippen molar-refractivity contribution in [3.63, 3.8) is 0 Å². The number of rotatable bonds is 6. The molecule has 0 aliphatic carbocycles. The molecular formula is C25H27FN2O. The van der Waals surface area contributed by atoms with Crippen LogP contribution in [0.1, 0.15) is 33.9 Å². The minimum atomic E-state index is -0.757. The van der Waals surface area contributed by atoms with E-state index in [2.05, 4.69) is 0 Å². The highest BCUT2D eigenvalue weighted by Gasteiger charge is 2.24. The van der Waals surface area contributed by atoms with Gasteiger partial charge in [-0.05, 0) is 73.2 Å². The molecule has 4 heteroatoms. The maximum Gasteiger partial charge on any atom is 0.248 e. The molecule has 1 atom stereocenters. The van der Waals surface area contributed by atoms with E-state index < -0.39 is 6.04 Å². The first-order valence-corrected chi connectivity index (χ1v) is 9.81. The Labute approximate surface area is 172 Å². The lowest BCUT2D eigenvalue weighted by Gasteiger charge is -2.27. The first-order chi connectivity index (χ1) is 13.9. The van der Waals surface area contributed by atoms with Gasteiger partial charge in [-0.1, -0.05) is 48.5 Å². The summed E-state index contributed by atoms with van der Waals surface area (Å²) in [6, 6.07) is 19.7. The molecule has 0 saturated heterocycles. The van der Waals surface area contributed by atoms with Gasteiger partial charge in [0.2, 0.25) is 5.91 Å². The maximum absolute atomic E-state index is 13.9. The summed E-state index contributed by atoms with van der Waals surface area (Å²) in [5.74, 6) is -0.403. The molecule has 0 fully saturated rings. The van der Waals surface area contributed by atoms with Gasteiger partial charge >= 0.3 is 0 Å². The molecule has 3 aromatic rings. The Balaban J connectivity index is 1.89. The summed E-state index contributed by atoms with van der Waals surface area (Å²) in [6.07, 6.45) is 0.539. The number of nitrogens with zero attached hydrogens (tertiary/aromatic N) is 1. The number of nitrogens with two attached hydrogens (primary N) is 1. The fourth-order valence-electron chi connectivity index (χ4n) is 3.26. The van der Waals surface area contributed by atoms with E-state index in [4.69, 9.17) is 5.73 Å². The third kappa shape index (κ3) is 4.90. The van der Waals surface area contributed by atoms with Crippen LogP contribution in [-0.2, 0) is 11.2 Å². The van der Waals surface area contributed by atoms with Gasteiger partial charge in [0.05, 0.1) is 0 Å². The minimum Gasteiger partial charge on any atom is -0.316 e. The van der Waals surface area contributed by atoms with Gasteiger partial charge < -0.3 is 10.6 Å². The average molecular weight is 391 g/mol. The van der Waals surface area contributed by atoms with Crippen molar-refractivity contribution in [1.29, 1.82) is 0 Å². The Morgan fingerprint density at radius 3 is 2.28 bits per heavy atom. The van der Waals surface area contributed by atoms with Crippen LogP contribution in [0.2, 0.25) is 0 Å². The normalized spacial score (nSPS) is 11.9. The van der Waals surface area contributed by atoms with Gasteiger partial charge in [0.25, 0.3) is 0 Å². The number of anilines is 1. The molecule has 0 saturated carbocycles. The van der Waals surface area contributed by atoms with Crippen LogP contribution in [0.3, 0.4) is 0 Å². The van der Waals surface area contributed by atoms with Crippen LogP contribution in [-0.4, -0.2) is 12.5 Å². The summed E-state index contributed by atoms with van der Waals surface area (Å²) in [7, 11) is 0. The van der Waals surface area contributed by atoms with Crippen LogP contribution in [0.4, 0.5) is 10.1 Å². The molecule has 1 amide bonds. The van der Waals surface area contributed by atoms with Crippen molar-refractivity contribution < 1.29 is 9.18 Å². The lowest BCUT2D eigenvalue weighted by molar-refractivity contribution is -0.120. The summed E-state index contributed by atoms with van der Waals surface area (Å²) in [6.45, 7) is 6.22. The number of amides is 1. The highest BCUT2D eigenvalue weighted by molar-refractivity contribution is 5.97. The third-order valence-corrected chi connectivity index (χ3v) is 5.35. The van der Waals surface area contributed by atoms with Gasteiger partial charge in [0.15, 0.2) is 0 Å². The lowest BCUT2D eigenvalue weighted by atomic mass is 10.0. The number of carbonyl (C=O) groups is 1. The second-order valence-corrected chi connectivity index (χ2v) is 7.48. The van der Waals surface area contributed by atoms with Crippen molar-refractivity contribution in [1.82, 2.24) is 0 Å². The van der Waals surface area contributed by atoms with Crippen LogP contribution in [0.5, 0.6) is 0 Å². The van der Waals surface area contributed by atoms with Crippen LogP contribution in [0.25, 0.3) is 0 Å². The molecule has 0 heterocycles. The predicted octanol–water partition coefficient (Wildman–Crippen LogP) is 5.03. The quantitative estimate of drug-likeness (QED) is 0.642. The van der Waals surface area contributed by atoms with Crippen molar-refractivity contribution in [2.75, 3.05) is 11.4 Å². The molecule has 3 nitrogen and oxygen atoms in total. The Kier molecular flexibility index (Phi) is 6.45. The van der Waals surface area contributed by atoms with Gasteiger partial charge in [-0.3, -0.25) is 4.79 Å². The number of carbonyl (C=O) groups excluding carboxylic acids is 1. The van der Waals surface area contributed by atoms with E-state index in [1.54, 1.807) is 17.9 Å². The molecule has 150 valence electrons. The number of hydrogen-bond acceptors (Lipinski definition) is 2. The first kappa shape index (κ1) is 20.7. The van der Waals surface area contributed by atoms with E-state index in [1.807, 2.05) is 68.4 Å². The monoisotopic (exact) mass is 390 g/mol. The predicted molar refractivity (Wildman–Crippen MR) is 116 cm³/mol. The summed E-state index contributed by atoms with van der Waals surface area (Å²) in [5, 5.41) is 0. The van der Waals surface area contributed by atoms with E-state index in [9.17, 15) is 9.18 Å². The van der Waals surface area contributed by atoms with E-state index in [0.29, 0.717) is 18.5 Å².